The van der Waals surface area contributed by atoms with E-state index in [1.807, 2.05) is 0 Å². The van der Waals surface area contributed by atoms with Crippen LogP contribution in [0.15, 0.2) is 48.5 Å². The molecule has 8 heteroatoms. The molecule has 0 bridgehead atoms. The van der Waals surface area contributed by atoms with E-state index in [0.29, 0.717) is 29.6 Å². The fraction of sp³-hybridized carbons (Fsp3) is 0.318. The van der Waals surface area contributed by atoms with Crippen molar-refractivity contribution >= 4 is 17.8 Å². The number of hydrazine groups is 1. The van der Waals surface area contributed by atoms with Crippen LogP contribution >= 0.6 is 0 Å². The second-order valence-corrected chi connectivity index (χ2v) is 6.84. The molecule has 2 amide bonds. The van der Waals surface area contributed by atoms with Gasteiger partial charge in [0.1, 0.15) is 0 Å². The molecule has 0 unspecified atom stereocenters. The van der Waals surface area contributed by atoms with E-state index in [1.54, 1.807) is 36.4 Å². The van der Waals surface area contributed by atoms with Gasteiger partial charge in [-0.05, 0) is 42.7 Å². The largest absolute Gasteiger partial charge is 0.493 e. The lowest BCUT2D eigenvalue weighted by atomic mass is 10.1. The van der Waals surface area contributed by atoms with Crippen LogP contribution in [-0.2, 0) is 9.53 Å². The fourth-order valence-electron chi connectivity index (χ4n) is 2.36. The van der Waals surface area contributed by atoms with Crippen LogP contribution in [0.5, 0.6) is 11.5 Å². The van der Waals surface area contributed by atoms with E-state index in [0.717, 1.165) is 6.42 Å². The first-order chi connectivity index (χ1) is 14.4. The molecule has 0 heterocycles. The van der Waals surface area contributed by atoms with Crippen molar-refractivity contribution in [1.29, 1.82) is 0 Å². The van der Waals surface area contributed by atoms with Crippen molar-refractivity contribution in [3.05, 3.63) is 59.7 Å². The summed E-state index contributed by atoms with van der Waals surface area (Å²) in [7, 11) is 1.47. The van der Waals surface area contributed by atoms with Crippen LogP contribution in [0.25, 0.3) is 0 Å². The summed E-state index contributed by atoms with van der Waals surface area (Å²) in [4.78, 5) is 35.9. The third-order valence-corrected chi connectivity index (χ3v) is 4.04. The van der Waals surface area contributed by atoms with Crippen LogP contribution in [0.1, 0.15) is 41.0 Å². The molecule has 0 aliphatic rings. The summed E-state index contributed by atoms with van der Waals surface area (Å²) in [6.45, 7) is 4.18. The van der Waals surface area contributed by atoms with Gasteiger partial charge in [0, 0.05) is 5.56 Å². The minimum absolute atomic E-state index is 0.212. The van der Waals surface area contributed by atoms with E-state index >= 15 is 0 Å². The van der Waals surface area contributed by atoms with E-state index in [4.69, 9.17) is 14.2 Å². The third kappa shape index (κ3) is 7.12. The summed E-state index contributed by atoms with van der Waals surface area (Å²) in [5.74, 6) is -0.425. The average Bonchev–Trinajstić information content (AvgIpc) is 2.76. The number of carbonyl (C=O) groups is 3. The second-order valence-electron chi connectivity index (χ2n) is 6.84. The van der Waals surface area contributed by atoms with Gasteiger partial charge in [-0.1, -0.05) is 32.0 Å². The fourth-order valence-corrected chi connectivity index (χ4v) is 2.36. The predicted octanol–water partition coefficient (Wildman–Crippen LogP) is 2.74. The van der Waals surface area contributed by atoms with Crippen molar-refractivity contribution in [3.8, 4) is 11.5 Å². The summed E-state index contributed by atoms with van der Waals surface area (Å²) in [6.07, 6.45) is 0.892. The number of esters is 1. The molecule has 2 aromatic carbocycles. The Bertz CT molecular complexity index is 867. The molecule has 0 saturated heterocycles. The number of methoxy groups -OCH3 is 1. The van der Waals surface area contributed by atoms with Gasteiger partial charge in [-0.25, -0.2) is 4.79 Å². The maximum absolute atomic E-state index is 12.2. The molecular weight excluding hydrogens is 388 g/mol. The molecule has 30 heavy (non-hydrogen) atoms. The highest BCUT2D eigenvalue weighted by atomic mass is 16.5. The number of ether oxygens (including phenoxy) is 3. The standard InChI is InChI=1S/C22H26N2O6/c1-15(2)11-12-29-18-10-9-17(13-19(18)28-3)22(27)30-14-20(25)23-24-21(26)16-7-5-4-6-8-16/h4-10,13,15H,11-12,14H2,1-3H3,(H,23,25)(H,24,26). The highest BCUT2D eigenvalue weighted by Gasteiger charge is 2.15. The Hall–Kier alpha value is -3.55. The van der Waals surface area contributed by atoms with Crippen molar-refractivity contribution in [1.82, 2.24) is 10.9 Å². The number of amides is 2. The first-order valence-electron chi connectivity index (χ1n) is 9.53. The lowest BCUT2D eigenvalue weighted by molar-refractivity contribution is -0.125. The van der Waals surface area contributed by atoms with E-state index in [1.165, 1.54) is 19.2 Å². The van der Waals surface area contributed by atoms with Crippen molar-refractivity contribution in [2.45, 2.75) is 20.3 Å². The number of rotatable bonds is 9. The molecule has 2 rings (SSSR count). The SMILES string of the molecule is COc1cc(C(=O)OCC(=O)NNC(=O)c2ccccc2)ccc1OCCC(C)C. The molecule has 160 valence electrons. The molecule has 2 N–H and O–H groups in total. The predicted molar refractivity (Wildman–Crippen MR) is 110 cm³/mol. The molecule has 0 saturated carbocycles. The van der Waals surface area contributed by atoms with Crippen LogP contribution in [-0.4, -0.2) is 38.1 Å². The Kier molecular flexibility index (Phi) is 8.68. The molecular formula is C22H26N2O6. The first kappa shape index (κ1) is 22.7. The van der Waals surface area contributed by atoms with Gasteiger partial charge in [0.15, 0.2) is 18.1 Å². The van der Waals surface area contributed by atoms with Gasteiger partial charge >= 0.3 is 5.97 Å². The van der Waals surface area contributed by atoms with E-state index in [9.17, 15) is 14.4 Å². The number of benzene rings is 2. The summed E-state index contributed by atoms with van der Waals surface area (Å²) in [5.41, 5.74) is 5.04. The minimum atomic E-state index is -0.702. The van der Waals surface area contributed by atoms with E-state index in [-0.39, 0.29) is 5.56 Å². The Morgan fingerprint density at radius 3 is 2.33 bits per heavy atom. The van der Waals surface area contributed by atoms with Gasteiger partial charge in [0.2, 0.25) is 0 Å². The summed E-state index contributed by atoms with van der Waals surface area (Å²) in [6, 6.07) is 13.0. The van der Waals surface area contributed by atoms with Crippen molar-refractivity contribution in [3.63, 3.8) is 0 Å². The normalized spacial score (nSPS) is 10.3. The lowest BCUT2D eigenvalue weighted by Gasteiger charge is -2.13. The van der Waals surface area contributed by atoms with Crippen LogP contribution in [0, 0.1) is 5.92 Å². The van der Waals surface area contributed by atoms with E-state index < -0.39 is 24.4 Å². The first-order valence-corrected chi connectivity index (χ1v) is 9.53. The quantitative estimate of drug-likeness (QED) is 0.483. The van der Waals surface area contributed by atoms with Gasteiger partial charge in [-0.3, -0.25) is 20.4 Å². The molecule has 0 aliphatic heterocycles. The maximum Gasteiger partial charge on any atom is 0.338 e. The smallest absolute Gasteiger partial charge is 0.338 e. The van der Waals surface area contributed by atoms with Crippen molar-refractivity contribution in [2.24, 2.45) is 5.92 Å². The zero-order valence-corrected chi connectivity index (χ0v) is 17.3. The maximum atomic E-state index is 12.2. The minimum Gasteiger partial charge on any atom is -0.493 e. The average molecular weight is 414 g/mol. The van der Waals surface area contributed by atoms with Crippen molar-refractivity contribution < 1.29 is 28.6 Å². The Morgan fingerprint density at radius 2 is 1.67 bits per heavy atom. The van der Waals surface area contributed by atoms with Gasteiger partial charge in [0.05, 0.1) is 19.3 Å². The topological polar surface area (TPSA) is 103 Å². The highest BCUT2D eigenvalue weighted by molar-refractivity contribution is 5.96. The molecule has 0 atom stereocenters. The number of hydrogen-bond acceptors (Lipinski definition) is 6. The van der Waals surface area contributed by atoms with Gasteiger partial charge in [-0.2, -0.15) is 0 Å². The zero-order chi connectivity index (χ0) is 21.9. The summed E-state index contributed by atoms with van der Waals surface area (Å²) < 4.78 is 15.9. The lowest BCUT2D eigenvalue weighted by Crippen LogP contribution is -2.43. The summed E-state index contributed by atoms with van der Waals surface area (Å²) >= 11 is 0. The molecule has 0 aromatic heterocycles. The van der Waals surface area contributed by atoms with Crippen LogP contribution in [0.3, 0.4) is 0 Å². The number of carbonyl (C=O) groups excluding carboxylic acids is 3. The number of nitrogens with one attached hydrogen (secondary N) is 2. The molecule has 8 nitrogen and oxygen atoms in total. The Balaban J connectivity index is 1.83. The Labute approximate surface area is 175 Å². The Morgan fingerprint density at radius 1 is 0.933 bits per heavy atom. The molecule has 0 spiro atoms. The van der Waals surface area contributed by atoms with Gasteiger partial charge in [-0.15, -0.1) is 0 Å². The van der Waals surface area contributed by atoms with Crippen molar-refractivity contribution in [2.75, 3.05) is 20.3 Å². The van der Waals surface area contributed by atoms with Gasteiger partial charge < -0.3 is 14.2 Å². The molecule has 0 radical (unpaired) electrons. The number of hydrogen-bond donors (Lipinski definition) is 2. The van der Waals surface area contributed by atoms with Crippen LogP contribution in [0.2, 0.25) is 0 Å². The van der Waals surface area contributed by atoms with Crippen LogP contribution in [0.4, 0.5) is 0 Å². The molecule has 0 aliphatic carbocycles. The van der Waals surface area contributed by atoms with Gasteiger partial charge in [0.25, 0.3) is 11.8 Å². The second kappa shape index (κ2) is 11.5. The highest BCUT2D eigenvalue weighted by Crippen LogP contribution is 2.28. The third-order valence-electron chi connectivity index (χ3n) is 4.04. The van der Waals surface area contributed by atoms with E-state index in [2.05, 4.69) is 24.7 Å². The van der Waals surface area contributed by atoms with Crippen LogP contribution < -0.4 is 20.3 Å². The monoisotopic (exact) mass is 414 g/mol. The summed E-state index contributed by atoms with van der Waals surface area (Å²) in [5, 5.41) is 0. The zero-order valence-electron chi connectivity index (χ0n) is 17.3. The molecule has 0 fully saturated rings. The molecule has 2 aromatic rings.